The molecule has 1 N–H and O–H groups in total. The summed E-state index contributed by atoms with van der Waals surface area (Å²) < 4.78 is 22.9. The summed E-state index contributed by atoms with van der Waals surface area (Å²) >= 11 is 0. The summed E-state index contributed by atoms with van der Waals surface area (Å²) in [7, 11) is 0. The van der Waals surface area contributed by atoms with Gasteiger partial charge in [0.25, 0.3) is 0 Å². The molecule has 3 unspecified atom stereocenters. The highest BCUT2D eigenvalue weighted by atomic mass is 16.8. The van der Waals surface area contributed by atoms with E-state index in [1.807, 2.05) is 20.8 Å². The molecule has 0 radical (unpaired) electrons. The zero-order chi connectivity index (χ0) is 15.1. The number of carbonyl (C=O) groups excluding carboxylic acids is 1. The molecule has 2 aliphatic rings. The van der Waals surface area contributed by atoms with Gasteiger partial charge in [-0.2, -0.15) is 0 Å². The monoisotopic (exact) mass is 288 g/mol. The Hall–Kier alpha value is -0.530. The van der Waals surface area contributed by atoms with Crippen LogP contribution in [0.5, 0.6) is 0 Å². The largest absolute Gasteiger partial charge is 0.383 e. The van der Waals surface area contributed by atoms with Gasteiger partial charge >= 0.3 is 0 Å². The number of rotatable bonds is 4. The summed E-state index contributed by atoms with van der Waals surface area (Å²) in [6, 6.07) is 0. The summed E-state index contributed by atoms with van der Waals surface area (Å²) in [5.41, 5.74) is 0. The topological polar surface area (TPSA) is 74.2 Å². The predicted octanol–water partition coefficient (Wildman–Crippen LogP) is 0.854. The molecule has 0 aromatic carbocycles. The second kappa shape index (κ2) is 5.35. The van der Waals surface area contributed by atoms with Gasteiger partial charge in [0, 0.05) is 5.92 Å². The molecule has 5 atom stereocenters. The van der Waals surface area contributed by atoms with Crippen molar-refractivity contribution in [2.45, 2.75) is 70.6 Å². The fourth-order valence-electron chi connectivity index (χ4n) is 2.75. The van der Waals surface area contributed by atoms with Crippen LogP contribution < -0.4 is 0 Å². The summed E-state index contributed by atoms with van der Waals surface area (Å²) in [6.45, 7) is 9.65. The smallest absolute Gasteiger partial charge is 0.163 e. The minimum absolute atomic E-state index is 0.0712. The van der Waals surface area contributed by atoms with Crippen LogP contribution in [0.2, 0.25) is 0 Å². The van der Waals surface area contributed by atoms with E-state index in [9.17, 15) is 9.90 Å². The lowest BCUT2D eigenvalue weighted by atomic mass is 9.92. The standard InChI is InChI=1S/C14H24O6/c1-8(10-7-17-13(2,3)18-10)11-12(9(16)6-15)20-14(4,5)19-11/h6,8-12,16H,7H2,1-5H3/t8-,9?,10?,11+,12?/m1/s1. The van der Waals surface area contributed by atoms with Crippen LogP contribution in [0.4, 0.5) is 0 Å². The first-order valence-corrected chi connectivity index (χ1v) is 6.96. The van der Waals surface area contributed by atoms with Gasteiger partial charge in [0.05, 0.1) is 18.8 Å². The number of aliphatic hydroxyl groups is 1. The zero-order valence-corrected chi connectivity index (χ0v) is 12.7. The van der Waals surface area contributed by atoms with Crippen LogP contribution in [0, 0.1) is 5.92 Å². The SMILES string of the molecule is C[C@H](C1COC(C)(C)O1)[C@@H]1OC(C)(C)OC1C(O)C=O. The van der Waals surface area contributed by atoms with Crippen molar-refractivity contribution in [3.8, 4) is 0 Å². The van der Waals surface area contributed by atoms with E-state index in [2.05, 4.69) is 0 Å². The minimum atomic E-state index is -1.21. The van der Waals surface area contributed by atoms with Crippen molar-refractivity contribution < 1.29 is 28.8 Å². The van der Waals surface area contributed by atoms with Crippen LogP contribution in [0.15, 0.2) is 0 Å². The molecule has 0 amide bonds. The van der Waals surface area contributed by atoms with E-state index >= 15 is 0 Å². The Morgan fingerprint density at radius 3 is 2.20 bits per heavy atom. The number of aliphatic hydroxyl groups excluding tert-OH is 1. The van der Waals surface area contributed by atoms with Gasteiger partial charge in [0.15, 0.2) is 17.9 Å². The maximum Gasteiger partial charge on any atom is 0.163 e. The molecule has 0 aliphatic carbocycles. The van der Waals surface area contributed by atoms with Crippen LogP contribution in [0.3, 0.4) is 0 Å². The summed E-state index contributed by atoms with van der Waals surface area (Å²) in [6.07, 6.45) is -2.00. The molecule has 2 fully saturated rings. The number of hydrogen-bond acceptors (Lipinski definition) is 6. The fourth-order valence-corrected chi connectivity index (χ4v) is 2.75. The van der Waals surface area contributed by atoms with Crippen molar-refractivity contribution in [3.05, 3.63) is 0 Å². The molecule has 0 aromatic rings. The van der Waals surface area contributed by atoms with Crippen LogP contribution in [-0.2, 0) is 23.7 Å². The Morgan fingerprint density at radius 2 is 1.70 bits per heavy atom. The van der Waals surface area contributed by atoms with Crippen LogP contribution >= 0.6 is 0 Å². The molecule has 2 saturated heterocycles. The quantitative estimate of drug-likeness (QED) is 0.773. The van der Waals surface area contributed by atoms with Crippen molar-refractivity contribution in [1.82, 2.24) is 0 Å². The number of hydrogen-bond donors (Lipinski definition) is 1. The molecule has 20 heavy (non-hydrogen) atoms. The molecule has 0 saturated carbocycles. The van der Waals surface area contributed by atoms with E-state index in [1.54, 1.807) is 13.8 Å². The van der Waals surface area contributed by atoms with E-state index in [-0.39, 0.29) is 12.0 Å². The Labute approximate surface area is 119 Å². The van der Waals surface area contributed by atoms with Gasteiger partial charge < -0.3 is 28.8 Å². The highest BCUT2D eigenvalue weighted by Gasteiger charge is 2.50. The van der Waals surface area contributed by atoms with Gasteiger partial charge in [-0.05, 0) is 27.7 Å². The van der Waals surface area contributed by atoms with E-state index in [4.69, 9.17) is 18.9 Å². The minimum Gasteiger partial charge on any atom is -0.383 e. The first kappa shape index (κ1) is 15.9. The molecule has 2 heterocycles. The third kappa shape index (κ3) is 3.20. The van der Waals surface area contributed by atoms with E-state index in [0.29, 0.717) is 12.9 Å². The van der Waals surface area contributed by atoms with Crippen molar-refractivity contribution in [2.75, 3.05) is 6.61 Å². The lowest BCUT2D eigenvalue weighted by molar-refractivity contribution is -0.166. The average molecular weight is 288 g/mol. The van der Waals surface area contributed by atoms with Crippen LogP contribution in [0.1, 0.15) is 34.6 Å². The Balaban J connectivity index is 2.11. The Bertz CT molecular complexity index is 367. The highest BCUT2D eigenvalue weighted by Crippen LogP contribution is 2.37. The van der Waals surface area contributed by atoms with Crippen molar-refractivity contribution >= 4 is 6.29 Å². The van der Waals surface area contributed by atoms with Gasteiger partial charge in [0.2, 0.25) is 0 Å². The molecule has 0 spiro atoms. The molecule has 6 nitrogen and oxygen atoms in total. The zero-order valence-electron chi connectivity index (χ0n) is 12.7. The molecular formula is C14H24O6. The molecule has 6 heteroatoms. The lowest BCUT2D eigenvalue weighted by Gasteiger charge is -2.28. The third-order valence-corrected chi connectivity index (χ3v) is 3.77. The third-order valence-electron chi connectivity index (χ3n) is 3.77. The van der Waals surface area contributed by atoms with Crippen LogP contribution in [0.25, 0.3) is 0 Å². The lowest BCUT2D eigenvalue weighted by Crippen LogP contribution is -2.44. The number of ether oxygens (including phenoxy) is 4. The normalized spacial score (nSPS) is 38.6. The highest BCUT2D eigenvalue weighted by molar-refractivity contribution is 5.57. The number of aldehydes is 1. The first-order valence-electron chi connectivity index (χ1n) is 6.96. The fraction of sp³-hybridized carbons (Fsp3) is 0.929. The Morgan fingerprint density at radius 1 is 1.10 bits per heavy atom. The van der Waals surface area contributed by atoms with E-state index in [1.165, 1.54) is 0 Å². The van der Waals surface area contributed by atoms with Gasteiger partial charge in [-0.1, -0.05) is 6.92 Å². The van der Waals surface area contributed by atoms with E-state index in [0.717, 1.165) is 0 Å². The number of carbonyl (C=O) groups is 1. The summed E-state index contributed by atoms with van der Waals surface area (Å²) in [5, 5.41) is 9.81. The van der Waals surface area contributed by atoms with Gasteiger partial charge in [-0.15, -0.1) is 0 Å². The van der Waals surface area contributed by atoms with Gasteiger partial charge in [0.1, 0.15) is 12.2 Å². The van der Waals surface area contributed by atoms with Crippen molar-refractivity contribution in [1.29, 1.82) is 0 Å². The average Bonchev–Trinajstić information content (AvgIpc) is 2.87. The summed E-state index contributed by atoms with van der Waals surface area (Å²) in [4.78, 5) is 10.9. The van der Waals surface area contributed by atoms with Gasteiger partial charge in [-0.3, -0.25) is 0 Å². The molecule has 116 valence electrons. The molecular weight excluding hydrogens is 264 g/mol. The predicted molar refractivity (Wildman–Crippen MR) is 70.0 cm³/mol. The Kier molecular flexibility index (Phi) is 4.24. The molecule has 0 bridgehead atoms. The maximum atomic E-state index is 10.9. The second-order valence-corrected chi connectivity index (χ2v) is 6.42. The van der Waals surface area contributed by atoms with Gasteiger partial charge in [-0.25, -0.2) is 0 Å². The summed E-state index contributed by atoms with van der Waals surface area (Å²) in [5.74, 6) is -1.52. The first-order chi connectivity index (χ1) is 9.15. The van der Waals surface area contributed by atoms with Crippen LogP contribution in [-0.4, -0.2) is 54.0 Å². The van der Waals surface area contributed by atoms with Crippen molar-refractivity contribution in [3.63, 3.8) is 0 Å². The van der Waals surface area contributed by atoms with Crippen molar-refractivity contribution in [2.24, 2.45) is 5.92 Å². The second-order valence-electron chi connectivity index (χ2n) is 6.42. The maximum absolute atomic E-state index is 10.9. The molecule has 0 aromatic heterocycles. The molecule has 2 rings (SSSR count). The van der Waals surface area contributed by atoms with E-state index < -0.39 is 29.9 Å². The molecule has 2 aliphatic heterocycles.